The Hall–Kier alpha value is -4.26. The predicted octanol–water partition coefficient (Wildman–Crippen LogP) is 4.81. The molecule has 0 spiro atoms. The molecule has 0 bridgehead atoms. The Morgan fingerprint density at radius 1 is 0.933 bits per heavy atom. The second-order valence-electron chi connectivity index (χ2n) is 6.52. The van der Waals surface area contributed by atoms with Gasteiger partial charge in [0, 0.05) is 35.1 Å². The van der Waals surface area contributed by atoms with Crippen molar-refractivity contribution >= 4 is 35.0 Å². The van der Waals surface area contributed by atoms with E-state index in [9.17, 15) is 19.7 Å². The van der Waals surface area contributed by atoms with Crippen molar-refractivity contribution in [1.29, 1.82) is 0 Å². The largest absolute Gasteiger partial charge is 0.323 e. The lowest BCUT2D eigenvalue weighted by atomic mass is 10.1. The van der Waals surface area contributed by atoms with Gasteiger partial charge in [0.1, 0.15) is 0 Å². The molecule has 3 aromatic rings. The molecule has 30 heavy (non-hydrogen) atoms. The second-order valence-corrected chi connectivity index (χ2v) is 6.52. The molecule has 3 aromatic carbocycles. The Bertz CT molecular complexity index is 1110. The number of nitrogens with zero attached hydrogens (tertiary/aromatic N) is 1. The molecule has 2 N–H and O–H groups in total. The summed E-state index contributed by atoms with van der Waals surface area (Å²) in [6, 6.07) is 20.0. The normalized spacial score (nSPS) is 10.6. The first-order chi connectivity index (χ1) is 14.4. The van der Waals surface area contributed by atoms with Crippen molar-refractivity contribution in [3.63, 3.8) is 0 Å². The molecule has 7 nitrogen and oxygen atoms in total. The molecule has 0 saturated heterocycles. The average molecular weight is 401 g/mol. The summed E-state index contributed by atoms with van der Waals surface area (Å²) in [5, 5.41) is 16.3. The highest BCUT2D eigenvalue weighted by Gasteiger charge is 2.08. The zero-order chi connectivity index (χ0) is 21.5. The first-order valence-electron chi connectivity index (χ1n) is 9.13. The fourth-order valence-corrected chi connectivity index (χ4v) is 2.73. The van der Waals surface area contributed by atoms with Gasteiger partial charge in [-0.15, -0.1) is 0 Å². The summed E-state index contributed by atoms with van der Waals surface area (Å²) in [6.07, 6.45) is 2.92. The van der Waals surface area contributed by atoms with Gasteiger partial charge in [-0.1, -0.05) is 18.2 Å². The van der Waals surface area contributed by atoms with E-state index in [1.54, 1.807) is 60.7 Å². The number of carbonyl (C=O) groups excluding carboxylic acids is 2. The number of hydrogen-bond donors (Lipinski definition) is 2. The molecule has 0 aliphatic rings. The number of non-ortho nitro benzene ring substituents is 1. The smallest absolute Gasteiger partial charge is 0.269 e. The molecule has 0 fully saturated rings. The molecular formula is C23H19N3O4. The quantitative estimate of drug-likeness (QED) is 0.352. The van der Waals surface area contributed by atoms with Crippen LogP contribution in [0.1, 0.15) is 21.5 Å². The van der Waals surface area contributed by atoms with Crippen LogP contribution in [0.4, 0.5) is 17.1 Å². The van der Waals surface area contributed by atoms with E-state index in [2.05, 4.69) is 10.6 Å². The summed E-state index contributed by atoms with van der Waals surface area (Å²) in [5.74, 6) is -0.546. The third kappa shape index (κ3) is 5.39. The lowest BCUT2D eigenvalue weighted by molar-refractivity contribution is -0.384. The first-order valence-corrected chi connectivity index (χ1v) is 9.13. The average Bonchev–Trinajstić information content (AvgIpc) is 2.75. The summed E-state index contributed by atoms with van der Waals surface area (Å²) in [7, 11) is 0. The van der Waals surface area contributed by atoms with Crippen LogP contribution in [-0.4, -0.2) is 16.7 Å². The minimum atomic E-state index is -0.478. The van der Waals surface area contributed by atoms with Gasteiger partial charge in [-0.2, -0.15) is 0 Å². The summed E-state index contributed by atoms with van der Waals surface area (Å²) < 4.78 is 0. The molecule has 0 aliphatic heterocycles. The summed E-state index contributed by atoms with van der Waals surface area (Å²) in [5.41, 5.74) is 3.27. The van der Waals surface area contributed by atoms with Crippen LogP contribution >= 0.6 is 0 Å². The summed E-state index contributed by atoms with van der Waals surface area (Å²) in [4.78, 5) is 34.6. The number of carbonyl (C=O) groups is 2. The van der Waals surface area contributed by atoms with Crippen molar-refractivity contribution < 1.29 is 14.5 Å². The van der Waals surface area contributed by atoms with Crippen LogP contribution in [-0.2, 0) is 4.79 Å². The monoisotopic (exact) mass is 401 g/mol. The Morgan fingerprint density at radius 3 is 2.27 bits per heavy atom. The Morgan fingerprint density at radius 2 is 1.63 bits per heavy atom. The van der Waals surface area contributed by atoms with Gasteiger partial charge < -0.3 is 10.6 Å². The van der Waals surface area contributed by atoms with Crippen LogP contribution in [0.15, 0.2) is 78.9 Å². The maximum atomic E-state index is 12.3. The molecule has 0 atom stereocenters. The molecule has 3 rings (SSSR count). The molecule has 150 valence electrons. The third-order valence-electron chi connectivity index (χ3n) is 4.31. The Labute approximate surface area is 173 Å². The number of nitrogens with one attached hydrogen (secondary N) is 2. The van der Waals surface area contributed by atoms with Crippen LogP contribution in [0.2, 0.25) is 0 Å². The van der Waals surface area contributed by atoms with Gasteiger partial charge in [0.05, 0.1) is 4.92 Å². The molecule has 0 radical (unpaired) electrons. The number of hydrogen-bond acceptors (Lipinski definition) is 4. The van der Waals surface area contributed by atoms with Gasteiger partial charge in [0.2, 0.25) is 5.91 Å². The van der Waals surface area contributed by atoms with E-state index in [1.807, 2.05) is 13.0 Å². The van der Waals surface area contributed by atoms with Crippen molar-refractivity contribution in [3.8, 4) is 0 Å². The van der Waals surface area contributed by atoms with Crippen molar-refractivity contribution in [2.75, 3.05) is 10.6 Å². The van der Waals surface area contributed by atoms with Gasteiger partial charge in [0.25, 0.3) is 11.6 Å². The van der Waals surface area contributed by atoms with Gasteiger partial charge in [-0.3, -0.25) is 19.7 Å². The summed E-state index contributed by atoms with van der Waals surface area (Å²) in [6.45, 7) is 1.84. The minimum absolute atomic E-state index is 0.00785. The maximum absolute atomic E-state index is 12.3. The fraction of sp³-hybridized carbons (Fsp3) is 0.0435. The van der Waals surface area contributed by atoms with Crippen molar-refractivity contribution in [2.45, 2.75) is 6.92 Å². The highest BCUT2D eigenvalue weighted by Crippen LogP contribution is 2.21. The van der Waals surface area contributed by atoms with Crippen LogP contribution in [0.25, 0.3) is 6.08 Å². The van der Waals surface area contributed by atoms with Gasteiger partial charge in [-0.25, -0.2) is 0 Å². The fourth-order valence-electron chi connectivity index (χ4n) is 2.73. The number of amides is 2. The van der Waals surface area contributed by atoms with Crippen LogP contribution in [0, 0.1) is 17.0 Å². The lowest BCUT2D eigenvalue weighted by Gasteiger charge is -2.10. The van der Waals surface area contributed by atoms with E-state index in [0.29, 0.717) is 22.5 Å². The van der Waals surface area contributed by atoms with E-state index in [4.69, 9.17) is 0 Å². The van der Waals surface area contributed by atoms with E-state index in [-0.39, 0.29) is 17.5 Å². The van der Waals surface area contributed by atoms with Crippen molar-refractivity contribution in [1.82, 2.24) is 0 Å². The van der Waals surface area contributed by atoms with E-state index >= 15 is 0 Å². The van der Waals surface area contributed by atoms with E-state index < -0.39 is 4.92 Å². The van der Waals surface area contributed by atoms with E-state index in [0.717, 1.165) is 5.56 Å². The molecule has 0 saturated carbocycles. The standard InChI is InChI=1S/C23H19N3O4/c1-16-15-19(10-13-21(16)25-23(28)18-5-3-2-4-6-18)24-22(27)14-9-17-7-11-20(12-8-17)26(29)30/h2-15H,1H3,(H,24,27)(H,25,28)/b14-9+. The van der Waals surface area contributed by atoms with Gasteiger partial charge in [0.15, 0.2) is 0 Å². The molecule has 2 amide bonds. The zero-order valence-corrected chi connectivity index (χ0v) is 16.2. The predicted molar refractivity (Wildman–Crippen MR) is 116 cm³/mol. The zero-order valence-electron chi connectivity index (χ0n) is 16.2. The van der Waals surface area contributed by atoms with Crippen LogP contribution in [0.3, 0.4) is 0 Å². The number of benzene rings is 3. The molecule has 0 heterocycles. The van der Waals surface area contributed by atoms with Crippen molar-refractivity contribution in [3.05, 3.63) is 106 Å². The highest BCUT2D eigenvalue weighted by atomic mass is 16.6. The molecule has 0 unspecified atom stereocenters. The maximum Gasteiger partial charge on any atom is 0.269 e. The van der Waals surface area contributed by atoms with Crippen molar-refractivity contribution in [2.24, 2.45) is 0 Å². The summed E-state index contributed by atoms with van der Waals surface area (Å²) >= 11 is 0. The third-order valence-corrected chi connectivity index (χ3v) is 4.31. The second kappa shape index (κ2) is 9.29. The van der Waals surface area contributed by atoms with Gasteiger partial charge >= 0.3 is 0 Å². The highest BCUT2D eigenvalue weighted by molar-refractivity contribution is 6.05. The number of nitro benzene ring substituents is 1. The van der Waals surface area contributed by atoms with Crippen LogP contribution < -0.4 is 10.6 Å². The minimum Gasteiger partial charge on any atom is -0.323 e. The Balaban J connectivity index is 1.61. The SMILES string of the molecule is Cc1cc(NC(=O)/C=C/c2ccc([N+](=O)[O-])cc2)ccc1NC(=O)c1ccccc1. The number of anilines is 2. The van der Waals surface area contributed by atoms with Crippen LogP contribution in [0.5, 0.6) is 0 Å². The number of rotatable bonds is 6. The molecule has 0 aromatic heterocycles. The molecule has 0 aliphatic carbocycles. The van der Waals surface area contributed by atoms with Gasteiger partial charge in [-0.05, 0) is 66.6 Å². The lowest BCUT2D eigenvalue weighted by Crippen LogP contribution is -2.13. The Kier molecular flexibility index (Phi) is 6.34. The number of nitro groups is 1. The topological polar surface area (TPSA) is 101 Å². The van der Waals surface area contributed by atoms with E-state index in [1.165, 1.54) is 18.2 Å². The molecule has 7 heteroatoms. The first kappa shape index (κ1) is 20.5. The molecular weight excluding hydrogens is 382 g/mol. The number of aryl methyl sites for hydroxylation is 1.